The predicted octanol–water partition coefficient (Wildman–Crippen LogP) is 4.19. The minimum atomic E-state index is 0.657. The zero-order valence-electron chi connectivity index (χ0n) is 20.3. The number of piperazine rings is 1. The smallest absolute Gasteiger partial charge is 0.170 e. The fourth-order valence-electron chi connectivity index (χ4n) is 4.39. The summed E-state index contributed by atoms with van der Waals surface area (Å²) in [5.41, 5.74) is 3.37. The number of aromatic nitrogens is 1. The van der Waals surface area contributed by atoms with Crippen molar-refractivity contribution < 1.29 is 0 Å². The third kappa shape index (κ3) is 6.65. The standard InChI is InChI=1S/C27H36N6S/c1-3-31(4-2)15-14-28-27(34)29-24-11-12-25-23(20-24)10-13-26(30-25)33-18-16-32(17-19-33)21-22-8-6-5-7-9-22/h5-13,20H,3-4,14-19,21H2,1-2H3,(H2,28,29,34). The van der Waals surface area contributed by atoms with Crippen molar-refractivity contribution in [1.82, 2.24) is 20.1 Å². The fraction of sp³-hybridized carbons (Fsp3) is 0.407. The van der Waals surface area contributed by atoms with Gasteiger partial charge in [0, 0.05) is 56.9 Å². The maximum absolute atomic E-state index is 5.47. The van der Waals surface area contributed by atoms with Crippen LogP contribution in [0.2, 0.25) is 0 Å². The molecule has 34 heavy (non-hydrogen) atoms. The molecule has 1 aromatic heterocycles. The number of nitrogens with zero attached hydrogens (tertiary/aromatic N) is 4. The lowest BCUT2D eigenvalue weighted by molar-refractivity contribution is 0.249. The van der Waals surface area contributed by atoms with E-state index in [0.29, 0.717) is 5.11 Å². The van der Waals surface area contributed by atoms with Crippen molar-refractivity contribution in [2.45, 2.75) is 20.4 Å². The number of hydrogen-bond donors (Lipinski definition) is 2. The van der Waals surface area contributed by atoms with Gasteiger partial charge in [-0.05, 0) is 61.2 Å². The molecular formula is C27H36N6S. The van der Waals surface area contributed by atoms with Crippen molar-refractivity contribution >= 4 is 39.7 Å². The largest absolute Gasteiger partial charge is 0.361 e. The van der Waals surface area contributed by atoms with E-state index >= 15 is 0 Å². The van der Waals surface area contributed by atoms with Gasteiger partial charge in [-0.15, -0.1) is 0 Å². The highest BCUT2D eigenvalue weighted by molar-refractivity contribution is 7.80. The molecular weight excluding hydrogens is 440 g/mol. The van der Waals surface area contributed by atoms with E-state index in [0.717, 1.165) is 81.3 Å². The number of pyridine rings is 1. The first-order chi connectivity index (χ1) is 16.6. The number of anilines is 2. The Morgan fingerprint density at radius 1 is 0.971 bits per heavy atom. The molecule has 7 heteroatoms. The van der Waals surface area contributed by atoms with Crippen LogP contribution in [0.4, 0.5) is 11.5 Å². The first-order valence-corrected chi connectivity index (χ1v) is 12.7. The molecule has 0 saturated carbocycles. The van der Waals surface area contributed by atoms with Gasteiger partial charge in [-0.3, -0.25) is 4.90 Å². The van der Waals surface area contributed by atoms with E-state index in [-0.39, 0.29) is 0 Å². The molecule has 0 unspecified atom stereocenters. The van der Waals surface area contributed by atoms with E-state index < -0.39 is 0 Å². The predicted molar refractivity (Wildman–Crippen MR) is 148 cm³/mol. The van der Waals surface area contributed by atoms with Gasteiger partial charge in [0.2, 0.25) is 0 Å². The molecule has 0 amide bonds. The maximum atomic E-state index is 5.47. The normalized spacial score (nSPS) is 14.5. The number of thiocarbonyl (C=S) groups is 1. The van der Waals surface area contributed by atoms with Crippen molar-refractivity contribution in [1.29, 1.82) is 0 Å². The molecule has 2 N–H and O–H groups in total. The molecule has 2 heterocycles. The molecule has 0 radical (unpaired) electrons. The quantitative estimate of drug-likeness (QED) is 0.449. The van der Waals surface area contributed by atoms with Crippen LogP contribution in [0.1, 0.15) is 19.4 Å². The zero-order valence-corrected chi connectivity index (χ0v) is 21.2. The lowest BCUT2D eigenvalue weighted by Gasteiger charge is -2.35. The second-order valence-electron chi connectivity index (χ2n) is 8.73. The van der Waals surface area contributed by atoms with Gasteiger partial charge in [-0.25, -0.2) is 4.98 Å². The monoisotopic (exact) mass is 476 g/mol. The highest BCUT2D eigenvalue weighted by Gasteiger charge is 2.18. The molecule has 0 atom stereocenters. The topological polar surface area (TPSA) is 46.7 Å². The molecule has 2 aromatic carbocycles. The molecule has 0 aliphatic carbocycles. The van der Waals surface area contributed by atoms with Gasteiger partial charge in [0.15, 0.2) is 5.11 Å². The summed E-state index contributed by atoms with van der Waals surface area (Å²) in [6, 6.07) is 21.3. The maximum Gasteiger partial charge on any atom is 0.170 e. The first-order valence-electron chi connectivity index (χ1n) is 12.3. The first kappa shape index (κ1) is 24.4. The van der Waals surface area contributed by atoms with Gasteiger partial charge in [-0.2, -0.15) is 0 Å². The zero-order chi connectivity index (χ0) is 23.8. The number of nitrogens with one attached hydrogen (secondary N) is 2. The number of benzene rings is 2. The Morgan fingerprint density at radius 3 is 2.47 bits per heavy atom. The molecule has 4 rings (SSSR count). The summed E-state index contributed by atoms with van der Waals surface area (Å²) in [5, 5.41) is 8.38. The van der Waals surface area contributed by atoms with E-state index in [1.807, 2.05) is 0 Å². The van der Waals surface area contributed by atoms with Gasteiger partial charge in [0.1, 0.15) is 5.82 Å². The van der Waals surface area contributed by atoms with Crippen molar-refractivity contribution in [2.75, 3.05) is 62.6 Å². The molecule has 1 aliphatic rings. The van der Waals surface area contributed by atoms with E-state index in [1.165, 1.54) is 5.56 Å². The second-order valence-corrected chi connectivity index (χ2v) is 9.14. The van der Waals surface area contributed by atoms with Crippen LogP contribution < -0.4 is 15.5 Å². The van der Waals surface area contributed by atoms with Crippen LogP contribution in [0.5, 0.6) is 0 Å². The Hall–Kier alpha value is -2.74. The number of rotatable bonds is 9. The molecule has 0 bridgehead atoms. The average molecular weight is 477 g/mol. The SMILES string of the molecule is CCN(CC)CCNC(=S)Nc1ccc2nc(N3CCN(Cc4ccccc4)CC3)ccc2c1. The van der Waals surface area contributed by atoms with Crippen LogP contribution in [0, 0.1) is 0 Å². The molecule has 180 valence electrons. The van der Waals surface area contributed by atoms with Crippen molar-refractivity contribution in [3.8, 4) is 0 Å². The minimum absolute atomic E-state index is 0.657. The molecule has 1 saturated heterocycles. The van der Waals surface area contributed by atoms with E-state index in [9.17, 15) is 0 Å². The minimum Gasteiger partial charge on any atom is -0.361 e. The van der Waals surface area contributed by atoms with Crippen LogP contribution in [0.15, 0.2) is 60.7 Å². The summed E-state index contributed by atoms with van der Waals surface area (Å²) < 4.78 is 0. The summed E-state index contributed by atoms with van der Waals surface area (Å²) in [5.74, 6) is 1.06. The van der Waals surface area contributed by atoms with Gasteiger partial charge < -0.3 is 20.4 Å². The van der Waals surface area contributed by atoms with Crippen molar-refractivity contribution in [3.63, 3.8) is 0 Å². The fourth-order valence-corrected chi connectivity index (χ4v) is 4.61. The van der Waals surface area contributed by atoms with Crippen LogP contribution in [0.25, 0.3) is 10.9 Å². The van der Waals surface area contributed by atoms with Gasteiger partial charge in [-0.1, -0.05) is 44.2 Å². The number of likely N-dealkylation sites (N-methyl/N-ethyl adjacent to an activating group) is 1. The van der Waals surface area contributed by atoms with Gasteiger partial charge >= 0.3 is 0 Å². The third-order valence-electron chi connectivity index (χ3n) is 6.49. The van der Waals surface area contributed by atoms with Crippen LogP contribution in [-0.4, -0.2) is 72.3 Å². The van der Waals surface area contributed by atoms with Crippen molar-refractivity contribution in [2.24, 2.45) is 0 Å². The van der Waals surface area contributed by atoms with Crippen LogP contribution in [-0.2, 0) is 6.54 Å². The van der Waals surface area contributed by atoms with E-state index in [2.05, 4.69) is 99.8 Å². The molecule has 3 aromatic rings. The lowest BCUT2D eigenvalue weighted by atomic mass is 10.2. The summed E-state index contributed by atoms with van der Waals surface area (Å²) in [6.07, 6.45) is 0. The van der Waals surface area contributed by atoms with E-state index in [4.69, 9.17) is 17.2 Å². The average Bonchev–Trinajstić information content (AvgIpc) is 2.87. The number of fused-ring (bicyclic) bond motifs is 1. The summed E-state index contributed by atoms with van der Waals surface area (Å²) >= 11 is 5.47. The Kier molecular flexibility index (Phi) is 8.68. The molecule has 1 aliphatic heterocycles. The Labute approximate surface area is 209 Å². The molecule has 0 spiro atoms. The lowest BCUT2D eigenvalue weighted by Crippen LogP contribution is -2.46. The highest BCUT2D eigenvalue weighted by atomic mass is 32.1. The summed E-state index contributed by atoms with van der Waals surface area (Å²) in [4.78, 5) is 12.2. The van der Waals surface area contributed by atoms with Crippen molar-refractivity contribution in [3.05, 3.63) is 66.2 Å². The summed E-state index contributed by atoms with van der Waals surface area (Å²) in [6.45, 7) is 13.4. The van der Waals surface area contributed by atoms with Gasteiger partial charge in [0.25, 0.3) is 0 Å². The van der Waals surface area contributed by atoms with Crippen LogP contribution in [0.3, 0.4) is 0 Å². The Balaban J connectivity index is 1.30. The Bertz CT molecular complexity index is 1060. The van der Waals surface area contributed by atoms with Crippen LogP contribution >= 0.6 is 12.2 Å². The van der Waals surface area contributed by atoms with Gasteiger partial charge in [0.05, 0.1) is 5.52 Å². The highest BCUT2D eigenvalue weighted by Crippen LogP contribution is 2.22. The second kappa shape index (κ2) is 12.1. The number of hydrogen-bond acceptors (Lipinski definition) is 5. The summed E-state index contributed by atoms with van der Waals surface area (Å²) in [7, 11) is 0. The van der Waals surface area contributed by atoms with E-state index in [1.54, 1.807) is 0 Å². The molecule has 1 fully saturated rings. The molecule has 6 nitrogen and oxygen atoms in total. The Morgan fingerprint density at radius 2 is 1.74 bits per heavy atom. The third-order valence-corrected chi connectivity index (χ3v) is 6.73.